The lowest BCUT2D eigenvalue weighted by atomic mass is 10.1. The Morgan fingerprint density at radius 1 is 1.07 bits per heavy atom. The molecule has 0 radical (unpaired) electrons. The predicted molar refractivity (Wildman–Crippen MR) is 113 cm³/mol. The van der Waals surface area contributed by atoms with Gasteiger partial charge in [0.05, 0.1) is 12.0 Å². The van der Waals surface area contributed by atoms with Gasteiger partial charge in [0.25, 0.3) is 0 Å². The van der Waals surface area contributed by atoms with Gasteiger partial charge in [-0.05, 0) is 62.8 Å². The zero-order chi connectivity index (χ0) is 18.8. The van der Waals surface area contributed by atoms with E-state index in [1.807, 2.05) is 37.3 Å². The molecule has 0 saturated heterocycles. The van der Waals surface area contributed by atoms with E-state index in [4.69, 9.17) is 14.7 Å². The second kappa shape index (κ2) is 7.85. The van der Waals surface area contributed by atoms with Crippen LogP contribution in [-0.4, -0.2) is 23.6 Å². The van der Waals surface area contributed by atoms with Crippen molar-refractivity contribution >= 4 is 27.4 Å². The van der Waals surface area contributed by atoms with Gasteiger partial charge in [-0.2, -0.15) is 0 Å². The lowest BCUT2D eigenvalue weighted by Gasteiger charge is -2.20. The number of ether oxygens (including phenoxy) is 1. The third-order valence-electron chi connectivity index (χ3n) is 5.17. The second-order valence-electron chi connectivity index (χ2n) is 7.27. The Bertz CT molecular complexity index is 933. The van der Waals surface area contributed by atoms with Crippen LogP contribution in [0.25, 0.3) is 10.2 Å². The molecule has 5 heteroatoms. The van der Waals surface area contributed by atoms with Gasteiger partial charge < -0.3 is 9.64 Å². The predicted octanol–water partition coefficient (Wildman–Crippen LogP) is 5.30. The number of anilines is 1. The van der Waals surface area contributed by atoms with Gasteiger partial charge in [-0.3, -0.25) is 0 Å². The molecule has 0 N–H and O–H groups in total. The van der Waals surface area contributed by atoms with Crippen LogP contribution in [0.5, 0.6) is 5.75 Å². The molecule has 0 atom stereocenters. The highest BCUT2D eigenvalue weighted by Gasteiger charge is 2.21. The summed E-state index contributed by atoms with van der Waals surface area (Å²) in [6.07, 6.45) is 6.24. The maximum Gasteiger partial charge on any atom is 0.141 e. The molecular weight excluding hydrogens is 354 g/mol. The summed E-state index contributed by atoms with van der Waals surface area (Å²) in [6, 6.07) is 8.37. The normalized spacial score (nSPS) is 14.0. The highest BCUT2D eigenvalue weighted by molar-refractivity contribution is 7.19. The van der Waals surface area contributed by atoms with Gasteiger partial charge in [0.1, 0.15) is 22.2 Å². The van der Waals surface area contributed by atoms with Crippen molar-refractivity contribution in [1.29, 1.82) is 0 Å². The second-order valence-corrected chi connectivity index (χ2v) is 8.36. The van der Waals surface area contributed by atoms with Crippen molar-refractivity contribution in [3.8, 4) is 5.75 Å². The average Bonchev–Trinajstić information content (AvgIpc) is 2.83. The monoisotopic (exact) mass is 381 g/mol. The summed E-state index contributed by atoms with van der Waals surface area (Å²) in [7, 11) is 2.14. The molecule has 142 valence electrons. The third kappa shape index (κ3) is 3.79. The molecule has 2 heterocycles. The lowest BCUT2D eigenvalue weighted by Crippen LogP contribution is -2.19. The van der Waals surface area contributed by atoms with Crippen molar-refractivity contribution in [2.45, 2.75) is 52.5 Å². The first-order valence-corrected chi connectivity index (χ1v) is 10.7. The van der Waals surface area contributed by atoms with Crippen LogP contribution in [0.15, 0.2) is 24.3 Å². The molecule has 27 heavy (non-hydrogen) atoms. The largest absolute Gasteiger partial charge is 0.494 e. The molecule has 0 fully saturated rings. The lowest BCUT2D eigenvalue weighted by molar-refractivity contribution is 0.340. The van der Waals surface area contributed by atoms with E-state index in [0.717, 1.165) is 35.2 Å². The fourth-order valence-electron chi connectivity index (χ4n) is 3.90. The number of thiophene rings is 1. The molecule has 1 aliphatic carbocycles. The Balaban J connectivity index is 1.68. The molecule has 4 rings (SSSR count). The summed E-state index contributed by atoms with van der Waals surface area (Å²) >= 11 is 1.88. The first-order valence-electron chi connectivity index (χ1n) is 9.87. The van der Waals surface area contributed by atoms with Crippen LogP contribution >= 0.6 is 11.3 Å². The van der Waals surface area contributed by atoms with Crippen molar-refractivity contribution in [3.63, 3.8) is 0 Å². The first-order chi connectivity index (χ1) is 13.2. The fraction of sp³-hybridized carbons (Fsp3) is 0.455. The van der Waals surface area contributed by atoms with E-state index in [1.54, 1.807) is 0 Å². The standard InChI is InChI=1S/C22H27N3OS/c1-4-26-17-12-10-16(11-13-17)14-25(3)21-20-18-8-6-5-7-9-19(18)27-22(20)24-15(2)23-21/h10-13H,4-9,14H2,1-3H3. The summed E-state index contributed by atoms with van der Waals surface area (Å²) in [5, 5.41) is 1.29. The van der Waals surface area contributed by atoms with Crippen molar-refractivity contribution in [2.24, 2.45) is 0 Å². The Kier molecular flexibility index (Phi) is 5.30. The summed E-state index contributed by atoms with van der Waals surface area (Å²) in [6.45, 7) is 5.52. The van der Waals surface area contributed by atoms with Crippen LogP contribution in [0, 0.1) is 6.92 Å². The fourth-order valence-corrected chi connectivity index (χ4v) is 5.20. The van der Waals surface area contributed by atoms with Crippen LogP contribution in [0.4, 0.5) is 5.82 Å². The van der Waals surface area contributed by atoms with Crippen molar-refractivity contribution < 1.29 is 4.74 Å². The van der Waals surface area contributed by atoms with Gasteiger partial charge in [0.2, 0.25) is 0 Å². The first kappa shape index (κ1) is 18.2. The van der Waals surface area contributed by atoms with Gasteiger partial charge in [0.15, 0.2) is 0 Å². The molecule has 1 aromatic carbocycles. The number of benzene rings is 1. The van der Waals surface area contributed by atoms with Crippen LogP contribution in [-0.2, 0) is 19.4 Å². The Morgan fingerprint density at radius 2 is 1.85 bits per heavy atom. The topological polar surface area (TPSA) is 38.2 Å². The van der Waals surface area contributed by atoms with E-state index in [0.29, 0.717) is 6.61 Å². The Labute approximate surface area is 165 Å². The Hall–Kier alpha value is -2.14. The maximum absolute atomic E-state index is 5.55. The summed E-state index contributed by atoms with van der Waals surface area (Å²) in [5.41, 5.74) is 2.76. The van der Waals surface area contributed by atoms with Gasteiger partial charge in [-0.15, -0.1) is 11.3 Å². The van der Waals surface area contributed by atoms with Crippen LogP contribution < -0.4 is 9.64 Å². The van der Waals surface area contributed by atoms with Crippen LogP contribution in [0.1, 0.15) is 48.0 Å². The summed E-state index contributed by atoms with van der Waals surface area (Å²) < 4.78 is 5.55. The molecule has 3 aromatic rings. The van der Waals surface area contributed by atoms with Gasteiger partial charge in [-0.1, -0.05) is 18.6 Å². The van der Waals surface area contributed by atoms with Gasteiger partial charge in [0, 0.05) is 18.5 Å². The number of rotatable bonds is 5. The molecule has 0 unspecified atom stereocenters. The van der Waals surface area contributed by atoms with E-state index >= 15 is 0 Å². The minimum atomic E-state index is 0.695. The molecule has 4 nitrogen and oxygen atoms in total. The maximum atomic E-state index is 5.55. The van der Waals surface area contributed by atoms with Crippen LogP contribution in [0.2, 0.25) is 0 Å². The molecule has 2 aromatic heterocycles. The van der Waals surface area contributed by atoms with Gasteiger partial charge in [-0.25, -0.2) is 9.97 Å². The highest BCUT2D eigenvalue weighted by Crippen LogP contribution is 2.39. The zero-order valence-electron chi connectivity index (χ0n) is 16.4. The molecule has 1 aliphatic rings. The van der Waals surface area contributed by atoms with E-state index in [9.17, 15) is 0 Å². The minimum absolute atomic E-state index is 0.695. The zero-order valence-corrected chi connectivity index (χ0v) is 17.2. The van der Waals surface area contributed by atoms with Crippen LogP contribution in [0.3, 0.4) is 0 Å². The highest BCUT2D eigenvalue weighted by atomic mass is 32.1. The molecule has 0 spiro atoms. The third-order valence-corrected chi connectivity index (χ3v) is 6.36. The molecule has 0 saturated carbocycles. The van der Waals surface area contributed by atoms with E-state index in [2.05, 4.69) is 24.1 Å². The molecule has 0 aliphatic heterocycles. The average molecular weight is 382 g/mol. The SMILES string of the molecule is CCOc1ccc(CN(C)c2nc(C)nc3sc4c(c23)CCCCC4)cc1. The number of hydrogen-bond acceptors (Lipinski definition) is 5. The number of nitrogens with zero attached hydrogens (tertiary/aromatic N) is 3. The minimum Gasteiger partial charge on any atom is -0.494 e. The number of hydrogen-bond donors (Lipinski definition) is 0. The van der Waals surface area contributed by atoms with E-state index < -0.39 is 0 Å². The van der Waals surface area contributed by atoms with Crippen molar-refractivity contribution in [2.75, 3.05) is 18.6 Å². The smallest absolute Gasteiger partial charge is 0.141 e. The Morgan fingerprint density at radius 3 is 2.63 bits per heavy atom. The molecular formula is C22H27N3OS. The van der Waals surface area contributed by atoms with E-state index in [-0.39, 0.29) is 0 Å². The number of aryl methyl sites for hydroxylation is 3. The van der Waals surface area contributed by atoms with E-state index in [1.165, 1.54) is 47.1 Å². The van der Waals surface area contributed by atoms with Crippen molar-refractivity contribution in [3.05, 3.63) is 46.1 Å². The number of fused-ring (bicyclic) bond motifs is 3. The molecule has 0 amide bonds. The van der Waals surface area contributed by atoms with Gasteiger partial charge >= 0.3 is 0 Å². The molecule has 0 bridgehead atoms. The summed E-state index contributed by atoms with van der Waals surface area (Å²) in [5.74, 6) is 2.85. The quantitative estimate of drug-likeness (QED) is 0.562. The van der Waals surface area contributed by atoms with Crippen molar-refractivity contribution in [1.82, 2.24) is 9.97 Å². The number of aromatic nitrogens is 2. The summed E-state index contributed by atoms with van der Waals surface area (Å²) in [4.78, 5) is 14.6.